The molecule has 0 unspecified atom stereocenters. The van der Waals surface area contributed by atoms with Gasteiger partial charge in [-0.1, -0.05) is 0 Å². The predicted octanol–water partition coefficient (Wildman–Crippen LogP) is 16.3. The first-order chi connectivity index (χ1) is 36.6. The summed E-state index contributed by atoms with van der Waals surface area (Å²) >= 11 is 0. The van der Waals surface area contributed by atoms with E-state index in [2.05, 4.69) is 0 Å². The first-order valence-electron chi connectivity index (χ1n) is 32.5. The van der Waals surface area contributed by atoms with Gasteiger partial charge < -0.3 is 9.11 Å². The van der Waals surface area contributed by atoms with Crippen LogP contribution in [0.1, 0.15) is 231 Å². The Morgan fingerprint density at radius 2 is 0.325 bits per heavy atom. The van der Waals surface area contributed by atoms with Crippen LogP contribution in [0, 0.1) is 107 Å². The van der Waals surface area contributed by atoms with Crippen LogP contribution in [0.4, 0.5) is 26.3 Å². The van der Waals surface area contributed by atoms with E-state index < -0.39 is 31.3 Å². The Morgan fingerprint density at radius 1 is 0.250 bits per heavy atom. The van der Waals surface area contributed by atoms with Gasteiger partial charge in [0.1, 0.15) is 0 Å². The van der Waals surface area contributed by atoms with Gasteiger partial charge in [-0.3, -0.25) is 0 Å². The molecule has 0 heterocycles. The molecule has 0 atom stereocenters. The zero-order valence-electron chi connectivity index (χ0n) is 47.0. The molecule has 24 aliphatic rings. The third-order valence-electron chi connectivity index (χ3n) is 28.0. The molecule has 460 valence electrons. The van der Waals surface area contributed by atoms with Crippen molar-refractivity contribution in [3.8, 4) is 0 Å². The van der Waals surface area contributed by atoms with Crippen LogP contribution >= 0.6 is 15.8 Å². The Kier molecular flexibility index (Phi) is 15.6. The van der Waals surface area contributed by atoms with Crippen molar-refractivity contribution >= 4 is 36.1 Å². The molecule has 0 aliphatic heterocycles. The fourth-order valence-electron chi connectivity index (χ4n) is 29.9. The van der Waals surface area contributed by atoms with Gasteiger partial charge in [0.25, 0.3) is 0 Å². The number of halogens is 6. The molecule has 0 aromatic heterocycles. The van der Waals surface area contributed by atoms with Crippen molar-refractivity contribution in [3.63, 3.8) is 0 Å². The van der Waals surface area contributed by atoms with E-state index in [4.69, 9.17) is 25.9 Å². The summed E-state index contributed by atoms with van der Waals surface area (Å²) in [6.07, 6.45) is 61.4. The Labute approximate surface area is 508 Å². The fraction of sp³-hybridized carbons (Fsp3) is 1.00. The topological polar surface area (TPSA) is 114 Å². The molecule has 24 rings (SSSR count). The number of hydrogen-bond acceptors (Lipinski definition) is 6. The van der Waals surface area contributed by atoms with Crippen molar-refractivity contribution in [1.82, 2.24) is 0 Å². The molecule has 80 heavy (non-hydrogen) atoms. The Balaban J connectivity index is 0.000000117. The third-order valence-corrected chi connectivity index (χ3v) is 39.2. The maximum absolute atomic E-state index is 10.7. The summed E-state index contributed by atoms with van der Waals surface area (Å²) in [4.78, 5) is 0. The average Bonchev–Trinajstić information content (AvgIpc) is 3.25. The zero-order valence-corrected chi connectivity index (χ0v) is 55.0. The van der Waals surface area contributed by atoms with Gasteiger partial charge in [-0.25, -0.2) is 16.8 Å². The molecular weight excluding hydrogens is 1470 g/mol. The molecular formula is C62H92Au2F6O6P2S2+2. The maximum atomic E-state index is 10.7. The van der Waals surface area contributed by atoms with E-state index in [-0.39, 0.29) is 60.6 Å². The van der Waals surface area contributed by atoms with E-state index in [1.165, 1.54) is 107 Å². The van der Waals surface area contributed by atoms with E-state index >= 15 is 0 Å². The van der Waals surface area contributed by atoms with Crippen LogP contribution < -0.4 is 0 Å². The quantitative estimate of drug-likeness (QED) is 0.0860. The van der Waals surface area contributed by atoms with Gasteiger partial charge in [0.15, 0.2) is 20.2 Å². The summed E-state index contributed by atoms with van der Waals surface area (Å²) < 4.78 is 118. The van der Waals surface area contributed by atoms with Crippen LogP contribution in [0.15, 0.2) is 0 Å². The van der Waals surface area contributed by atoms with E-state index in [1.54, 1.807) is 231 Å². The minimum Gasteiger partial charge on any atom is -0.741 e. The zero-order chi connectivity index (χ0) is 54.0. The second-order valence-electron chi connectivity index (χ2n) is 33.7. The number of hydrogen-bond donors (Lipinski definition) is 0. The van der Waals surface area contributed by atoms with E-state index in [1.807, 2.05) is 0 Å². The SMILES string of the molecule is C1C2CC3CC1CC([PH+](C14CC5CC(CC(C5)C1)C4)C14CC5CC(CC(C5)C1)C4)(C2)C3.C1C2CC3CC1CC([PH+](C14CC5CC(CC(C5)C1)C4)C14CC5CC(CC(C5)C1)C4)(C2)C3.O=S(=O)([O-])C(F)(F)F.O=S(=O)([O-])C(F)(F)F.[Au+].[Au+]. The van der Waals surface area contributed by atoms with E-state index in [0.29, 0.717) is 0 Å². The van der Waals surface area contributed by atoms with Crippen molar-refractivity contribution in [1.29, 1.82) is 0 Å². The first-order valence-corrected chi connectivity index (χ1v) is 38.3. The van der Waals surface area contributed by atoms with Crippen molar-refractivity contribution in [3.05, 3.63) is 0 Å². The van der Waals surface area contributed by atoms with Gasteiger partial charge in [-0.05, 0) is 338 Å². The molecule has 18 heteroatoms. The minimum absolute atomic E-state index is 0. The minimum atomic E-state index is -6.09. The van der Waals surface area contributed by atoms with Gasteiger partial charge in [-0.2, -0.15) is 26.3 Å². The molecule has 0 aromatic rings. The summed E-state index contributed by atoms with van der Waals surface area (Å²) in [6.45, 7) is 0. The monoisotopic (exact) mass is 1570 g/mol. The molecule has 24 aliphatic carbocycles. The molecule has 0 spiro atoms. The summed E-state index contributed by atoms with van der Waals surface area (Å²) in [7, 11) is -12.8. The molecule has 24 bridgehead atoms. The maximum Gasteiger partial charge on any atom is 1.00 e. The normalized spacial score (nSPS) is 53.6. The Morgan fingerprint density at radius 3 is 0.388 bits per heavy atom. The van der Waals surface area contributed by atoms with Crippen LogP contribution in [-0.4, -0.2) is 67.9 Å². The predicted molar refractivity (Wildman–Crippen MR) is 294 cm³/mol. The van der Waals surface area contributed by atoms with Crippen molar-refractivity contribution in [2.45, 2.75) is 273 Å². The van der Waals surface area contributed by atoms with Crippen LogP contribution in [0.25, 0.3) is 0 Å². The molecule has 24 fully saturated rings. The van der Waals surface area contributed by atoms with E-state index in [9.17, 15) is 26.3 Å². The van der Waals surface area contributed by atoms with Gasteiger partial charge in [0.2, 0.25) is 0 Å². The van der Waals surface area contributed by atoms with Crippen molar-refractivity contribution in [2.75, 3.05) is 0 Å². The first kappa shape index (κ1) is 60.6. The smallest absolute Gasteiger partial charge is 0.741 e. The molecule has 0 radical (unpaired) electrons. The Bertz CT molecular complexity index is 2000. The average molecular weight is 1570 g/mol. The van der Waals surface area contributed by atoms with Gasteiger partial charge in [0.05, 0.1) is 30.9 Å². The summed E-state index contributed by atoms with van der Waals surface area (Å²) in [6, 6.07) is 0. The number of alkyl halides is 6. The largest absolute Gasteiger partial charge is 1.00 e. The molecule has 0 saturated heterocycles. The Hall–Kier alpha value is 1.74. The molecule has 0 N–H and O–H groups in total. The van der Waals surface area contributed by atoms with Crippen molar-refractivity contribution < 1.29 is 97.0 Å². The molecule has 0 amide bonds. The summed E-state index contributed by atoms with van der Waals surface area (Å²) in [5.41, 5.74) is -11.3. The second-order valence-corrected chi connectivity index (χ2v) is 44.3. The third kappa shape index (κ3) is 10.4. The van der Waals surface area contributed by atoms with Gasteiger partial charge >= 0.3 is 55.8 Å². The van der Waals surface area contributed by atoms with Crippen LogP contribution in [0.5, 0.6) is 0 Å². The van der Waals surface area contributed by atoms with Crippen molar-refractivity contribution in [2.24, 2.45) is 107 Å². The van der Waals surface area contributed by atoms with Crippen LogP contribution in [0.2, 0.25) is 0 Å². The molecule has 6 nitrogen and oxygen atoms in total. The summed E-state index contributed by atoms with van der Waals surface area (Å²) in [5.74, 6) is 21.2. The summed E-state index contributed by atoms with van der Waals surface area (Å²) in [5, 5.41) is 5.48. The van der Waals surface area contributed by atoms with Crippen LogP contribution in [-0.2, 0) is 65.0 Å². The standard InChI is InChI=1S/2C30H45P.2CHF3O3S.2Au/c2*1-19-2-21-3-20(1)11-28(10-19,12-21)31(29-13-22-4-23(14-29)6-24(5-22)15-29)30-16-25-7-26(17-30)9-27(8-25)18-30;2*2-1(3,4)8(5,6)7;;/h2*19-27H,1-18H2;2*(H,5,6,7);;/q;;;;2*+1. The van der Waals surface area contributed by atoms with Gasteiger partial charge in [-0.15, -0.1) is 0 Å². The fourth-order valence-corrected chi connectivity index (χ4v) is 45.5. The molecule has 0 aromatic carbocycles. The second kappa shape index (κ2) is 20.6. The van der Waals surface area contributed by atoms with E-state index in [0.717, 1.165) is 30.9 Å². The van der Waals surface area contributed by atoms with Crippen LogP contribution in [0.3, 0.4) is 0 Å². The van der Waals surface area contributed by atoms with Gasteiger partial charge in [0, 0.05) is 15.8 Å². The number of rotatable bonds is 6. The molecule has 24 saturated carbocycles.